The second kappa shape index (κ2) is 1.70. The SMILES string of the molecule is OC[C@@H]1[C@@H]2C[C@H]1[C@H](O)C2. The van der Waals surface area contributed by atoms with Crippen molar-refractivity contribution in [3.63, 3.8) is 0 Å². The summed E-state index contributed by atoms with van der Waals surface area (Å²) in [5.41, 5.74) is 0. The van der Waals surface area contributed by atoms with Gasteiger partial charge in [0.1, 0.15) is 0 Å². The Kier molecular flexibility index (Phi) is 1.08. The number of rotatable bonds is 1. The summed E-state index contributed by atoms with van der Waals surface area (Å²) in [5, 5.41) is 18.0. The molecule has 0 aliphatic heterocycles. The van der Waals surface area contributed by atoms with E-state index < -0.39 is 0 Å². The summed E-state index contributed by atoms with van der Waals surface area (Å²) in [6.45, 7) is 0.284. The molecule has 2 heteroatoms. The van der Waals surface area contributed by atoms with Gasteiger partial charge in [-0.1, -0.05) is 0 Å². The van der Waals surface area contributed by atoms with Crippen molar-refractivity contribution in [2.75, 3.05) is 6.61 Å². The van der Waals surface area contributed by atoms with Gasteiger partial charge in [0.2, 0.25) is 0 Å². The summed E-state index contributed by atoms with van der Waals surface area (Å²) in [5.74, 6) is 1.54. The van der Waals surface area contributed by atoms with Gasteiger partial charge in [0, 0.05) is 6.61 Å². The highest BCUT2D eigenvalue weighted by Crippen LogP contribution is 2.53. The maximum atomic E-state index is 9.23. The molecule has 0 heterocycles. The van der Waals surface area contributed by atoms with Crippen molar-refractivity contribution in [1.29, 1.82) is 0 Å². The molecular weight excluding hydrogens is 116 g/mol. The van der Waals surface area contributed by atoms with Gasteiger partial charge in [0.15, 0.2) is 0 Å². The lowest BCUT2D eigenvalue weighted by Crippen LogP contribution is -2.33. The zero-order valence-corrected chi connectivity index (χ0v) is 5.33. The standard InChI is InChI=1S/C7H12O2/c8-3-6-4-1-5(6)7(9)2-4/h4-9H,1-3H2/t4-,5-,6-,7-/m1/s1. The number of hydrogen-bond donors (Lipinski definition) is 2. The molecule has 3 aliphatic rings. The molecule has 0 unspecified atom stereocenters. The summed E-state index contributed by atoms with van der Waals surface area (Å²) >= 11 is 0. The summed E-state index contributed by atoms with van der Waals surface area (Å²) < 4.78 is 0. The lowest BCUT2D eigenvalue weighted by atomic mass is 9.72. The molecule has 9 heavy (non-hydrogen) atoms. The maximum Gasteiger partial charge on any atom is 0.0574 e. The monoisotopic (exact) mass is 128 g/mol. The van der Waals surface area contributed by atoms with Crippen LogP contribution in [0.4, 0.5) is 0 Å². The van der Waals surface area contributed by atoms with Crippen LogP contribution in [0.2, 0.25) is 0 Å². The number of fused-ring (bicyclic) bond motifs is 1. The number of aliphatic hydroxyl groups excluding tert-OH is 2. The first kappa shape index (κ1) is 5.69. The molecule has 0 saturated heterocycles. The minimum atomic E-state index is -0.0906. The van der Waals surface area contributed by atoms with E-state index >= 15 is 0 Å². The van der Waals surface area contributed by atoms with Gasteiger partial charge in [-0.2, -0.15) is 0 Å². The molecule has 0 aromatic carbocycles. The fraction of sp³-hybridized carbons (Fsp3) is 1.00. The molecule has 0 aromatic rings. The Balaban J connectivity index is 2.04. The second-order valence-corrected chi connectivity index (χ2v) is 3.31. The zero-order chi connectivity index (χ0) is 6.43. The van der Waals surface area contributed by atoms with Crippen LogP contribution in [0.1, 0.15) is 12.8 Å². The smallest absolute Gasteiger partial charge is 0.0574 e. The molecule has 52 valence electrons. The van der Waals surface area contributed by atoms with E-state index in [9.17, 15) is 5.11 Å². The highest BCUT2D eigenvalue weighted by molar-refractivity contribution is 5.01. The highest BCUT2D eigenvalue weighted by atomic mass is 16.3. The molecule has 3 aliphatic carbocycles. The normalized spacial score (nSPS) is 55.3. The van der Waals surface area contributed by atoms with E-state index in [1.807, 2.05) is 0 Å². The zero-order valence-electron chi connectivity index (χ0n) is 5.33. The van der Waals surface area contributed by atoms with E-state index in [0.29, 0.717) is 17.8 Å². The molecular formula is C7H12O2. The van der Waals surface area contributed by atoms with Gasteiger partial charge in [-0.25, -0.2) is 0 Å². The third kappa shape index (κ3) is 0.578. The summed E-state index contributed by atoms with van der Waals surface area (Å²) in [6, 6.07) is 0. The van der Waals surface area contributed by atoms with Crippen LogP contribution >= 0.6 is 0 Å². The summed E-state index contributed by atoms with van der Waals surface area (Å²) in [6.07, 6.45) is 2.01. The third-order valence-electron chi connectivity index (χ3n) is 2.98. The number of aliphatic hydroxyl groups is 2. The summed E-state index contributed by atoms with van der Waals surface area (Å²) in [7, 11) is 0. The predicted molar refractivity (Wildman–Crippen MR) is 32.8 cm³/mol. The second-order valence-electron chi connectivity index (χ2n) is 3.31. The highest BCUT2D eigenvalue weighted by Gasteiger charge is 2.51. The quantitative estimate of drug-likeness (QED) is 0.521. The van der Waals surface area contributed by atoms with Crippen molar-refractivity contribution >= 4 is 0 Å². The fourth-order valence-corrected chi connectivity index (χ4v) is 2.34. The molecule has 2 nitrogen and oxygen atoms in total. The topological polar surface area (TPSA) is 40.5 Å². The first-order chi connectivity index (χ1) is 4.33. The Labute approximate surface area is 54.5 Å². The van der Waals surface area contributed by atoms with E-state index in [1.54, 1.807) is 0 Å². The van der Waals surface area contributed by atoms with E-state index in [0.717, 1.165) is 12.8 Å². The Morgan fingerprint density at radius 2 is 2.11 bits per heavy atom. The predicted octanol–water partition coefficient (Wildman–Crippen LogP) is -0.00440. The largest absolute Gasteiger partial charge is 0.396 e. The maximum absolute atomic E-state index is 9.23. The first-order valence-corrected chi connectivity index (χ1v) is 3.62. The first-order valence-electron chi connectivity index (χ1n) is 3.62. The molecule has 0 aromatic heterocycles. The fourth-order valence-electron chi connectivity index (χ4n) is 2.34. The van der Waals surface area contributed by atoms with Gasteiger partial charge >= 0.3 is 0 Å². The molecule has 0 spiro atoms. The van der Waals surface area contributed by atoms with Crippen LogP contribution in [0.3, 0.4) is 0 Å². The van der Waals surface area contributed by atoms with Crippen LogP contribution < -0.4 is 0 Å². The third-order valence-corrected chi connectivity index (χ3v) is 2.98. The van der Waals surface area contributed by atoms with Crippen LogP contribution in [-0.2, 0) is 0 Å². The van der Waals surface area contributed by atoms with E-state index in [-0.39, 0.29) is 12.7 Å². The van der Waals surface area contributed by atoms with Crippen molar-refractivity contribution in [2.24, 2.45) is 17.8 Å². The molecule has 2 N–H and O–H groups in total. The van der Waals surface area contributed by atoms with Gasteiger partial charge in [-0.3, -0.25) is 0 Å². The Morgan fingerprint density at radius 1 is 1.33 bits per heavy atom. The minimum absolute atomic E-state index is 0.0906. The molecule has 0 amide bonds. The van der Waals surface area contributed by atoms with Gasteiger partial charge in [0.25, 0.3) is 0 Å². The van der Waals surface area contributed by atoms with Gasteiger partial charge in [-0.05, 0) is 30.6 Å². The Morgan fingerprint density at radius 3 is 2.33 bits per heavy atom. The lowest BCUT2D eigenvalue weighted by molar-refractivity contribution is 0.0379. The van der Waals surface area contributed by atoms with Gasteiger partial charge in [0.05, 0.1) is 6.10 Å². The summed E-state index contributed by atoms with van der Waals surface area (Å²) in [4.78, 5) is 0. The Bertz CT molecular complexity index is 124. The molecule has 3 rings (SSSR count). The molecule has 4 atom stereocenters. The average molecular weight is 128 g/mol. The molecule has 3 fully saturated rings. The van der Waals surface area contributed by atoms with Crippen LogP contribution in [0.5, 0.6) is 0 Å². The van der Waals surface area contributed by atoms with E-state index in [2.05, 4.69) is 0 Å². The van der Waals surface area contributed by atoms with Crippen LogP contribution in [0, 0.1) is 17.8 Å². The average Bonchev–Trinajstić information content (AvgIpc) is 2.22. The Hall–Kier alpha value is -0.0800. The van der Waals surface area contributed by atoms with Crippen LogP contribution in [0.15, 0.2) is 0 Å². The lowest BCUT2D eigenvalue weighted by Gasteiger charge is -2.34. The van der Waals surface area contributed by atoms with Crippen molar-refractivity contribution < 1.29 is 10.2 Å². The van der Waals surface area contributed by atoms with Crippen molar-refractivity contribution in [2.45, 2.75) is 18.9 Å². The molecule has 0 radical (unpaired) electrons. The van der Waals surface area contributed by atoms with Crippen molar-refractivity contribution in [1.82, 2.24) is 0 Å². The van der Waals surface area contributed by atoms with Gasteiger partial charge < -0.3 is 10.2 Å². The van der Waals surface area contributed by atoms with Gasteiger partial charge in [-0.15, -0.1) is 0 Å². The van der Waals surface area contributed by atoms with Crippen molar-refractivity contribution in [3.8, 4) is 0 Å². The van der Waals surface area contributed by atoms with E-state index in [4.69, 9.17) is 5.11 Å². The molecule has 2 bridgehead atoms. The minimum Gasteiger partial charge on any atom is -0.396 e. The van der Waals surface area contributed by atoms with Crippen LogP contribution in [-0.4, -0.2) is 22.9 Å². The van der Waals surface area contributed by atoms with E-state index in [1.165, 1.54) is 0 Å². The van der Waals surface area contributed by atoms with Crippen molar-refractivity contribution in [3.05, 3.63) is 0 Å². The van der Waals surface area contributed by atoms with Crippen LogP contribution in [0.25, 0.3) is 0 Å². The number of hydrogen-bond acceptors (Lipinski definition) is 2. The molecule has 3 saturated carbocycles.